The maximum Gasteiger partial charge on any atom is 0.277 e. The molecule has 0 spiro atoms. The molecule has 2 aromatic carbocycles. The quantitative estimate of drug-likeness (QED) is 0.426. The normalized spacial score (nSPS) is 11.4. The molecule has 0 aliphatic heterocycles. The predicted octanol–water partition coefficient (Wildman–Crippen LogP) is 3.93. The van der Waals surface area contributed by atoms with Crippen LogP contribution in [0.1, 0.15) is 16.1 Å². The van der Waals surface area contributed by atoms with E-state index in [4.69, 9.17) is 11.6 Å². The van der Waals surface area contributed by atoms with Crippen molar-refractivity contribution in [1.82, 2.24) is 15.0 Å². The van der Waals surface area contributed by atoms with Gasteiger partial charge < -0.3 is 4.90 Å². The first-order valence-electron chi connectivity index (χ1n) is 9.25. The van der Waals surface area contributed by atoms with Gasteiger partial charge in [-0.25, -0.2) is 23.4 Å². The molecule has 0 unspecified atom stereocenters. The minimum Gasteiger partial charge on any atom is -0.301 e. The van der Waals surface area contributed by atoms with Crippen LogP contribution in [0.25, 0.3) is 10.9 Å². The number of carbonyl (C=O) groups excluding carboxylic acids is 1. The zero-order chi connectivity index (χ0) is 22.0. The van der Waals surface area contributed by atoms with Gasteiger partial charge in [0.25, 0.3) is 5.91 Å². The first kappa shape index (κ1) is 20.9. The van der Waals surface area contributed by atoms with Crippen molar-refractivity contribution in [2.45, 2.75) is 11.4 Å². The lowest BCUT2D eigenvalue weighted by atomic mass is 10.1. The molecule has 7 nitrogen and oxygen atoms in total. The van der Waals surface area contributed by atoms with Gasteiger partial charge in [-0.15, -0.1) is 0 Å². The molecule has 0 N–H and O–H groups in total. The van der Waals surface area contributed by atoms with Crippen LogP contribution < -0.4 is 4.90 Å². The van der Waals surface area contributed by atoms with E-state index in [1.54, 1.807) is 24.3 Å². The number of rotatable bonds is 5. The lowest BCUT2D eigenvalue weighted by Gasteiger charge is -2.25. The fourth-order valence-corrected chi connectivity index (χ4v) is 4.27. The highest BCUT2D eigenvalue weighted by Crippen LogP contribution is 2.28. The Balaban J connectivity index is 1.83. The van der Waals surface area contributed by atoms with Crippen LogP contribution in [-0.4, -0.2) is 35.5 Å². The Labute approximate surface area is 184 Å². The standard InChI is InChI=1S/C22H17ClN4O3S/c1-31(29,30)20-5-3-2-4-19(20)27(22(28)17-10-11-24-14-25-17)13-15-6-7-16-8-9-21(23)26-18(16)12-15/h2-12,14H,13H2,1H3. The van der Waals surface area contributed by atoms with Gasteiger partial charge in [-0.2, -0.15) is 0 Å². The van der Waals surface area contributed by atoms with Crippen molar-refractivity contribution < 1.29 is 13.2 Å². The van der Waals surface area contributed by atoms with Crippen LogP contribution in [0.2, 0.25) is 5.15 Å². The minimum absolute atomic E-state index is 0.0550. The molecule has 2 heterocycles. The smallest absolute Gasteiger partial charge is 0.277 e. The van der Waals surface area contributed by atoms with E-state index < -0.39 is 15.7 Å². The molecular weight excluding hydrogens is 436 g/mol. The first-order chi connectivity index (χ1) is 14.8. The second kappa shape index (κ2) is 8.41. The predicted molar refractivity (Wildman–Crippen MR) is 119 cm³/mol. The third-order valence-corrected chi connectivity index (χ3v) is 6.02. The van der Waals surface area contributed by atoms with Gasteiger partial charge >= 0.3 is 0 Å². The highest BCUT2D eigenvalue weighted by molar-refractivity contribution is 7.90. The number of halogens is 1. The average Bonchev–Trinajstić information content (AvgIpc) is 2.77. The van der Waals surface area contributed by atoms with Crippen molar-refractivity contribution in [2.24, 2.45) is 0 Å². The van der Waals surface area contributed by atoms with E-state index in [1.807, 2.05) is 24.3 Å². The zero-order valence-electron chi connectivity index (χ0n) is 16.4. The largest absolute Gasteiger partial charge is 0.301 e. The summed E-state index contributed by atoms with van der Waals surface area (Å²) in [6.07, 6.45) is 3.85. The summed E-state index contributed by atoms with van der Waals surface area (Å²) in [5.74, 6) is -0.447. The minimum atomic E-state index is -3.58. The van der Waals surface area contributed by atoms with E-state index in [1.165, 1.54) is 29.6 Å². The van der Waals surface area contributed by atoms with Gasteiger partial charge in [0, 0.05) is 17.8 Å². The molecule has 0 fully saturated rings. The molecule has 1 amide bonds. The molecule has 2 aromatic heterocycles. The molecular formula is C22H17ClN4O3S. The van der Waals surface area contributed by atoms with E-state index in [0.29, 0.717) is 10.7 Å². The third kappa shape index (κ3) is 4.55. The number of para-hydroxylation sites is 1. The van der Waals surface area contributed by atoms with E-state index >= 15 is 0 Å². The Morgan fingerprint density at radius 3 is 2.58 bits per heavy atom. The molecule has 0 saturated carbocycles. The highest BCUT2D eigenvalue weighted by Gasteiger charge is 2.25. The number of carbonyl (C=O) groups is 1. The van der Waals surface area contributed by atoms with Gasteiger partial charge in [0.2, 0.25) is 0 Å². The number of anilines is 1. The summed E-state index contributed by atoms with van der Waals surface area (Å²) in [6.45, 7) is 0.111. The molecule has 4 aromatic rings. The number of amides is 1. The monoisotopic (exact) mass is 452 g/mol. The zero-order valence-corrected chi connectivity index (χ0v) is 18.0. The summed E-state index contributed by atoms with van der Waals surface area (Å²) in [7, 11) is -3.58. The topological polar surface area (TPSA) is 93.1 Å². The second-order valence-corrected chi connectivity index (χ2v) is 9.26. The maximum absolute atomic E-state index is 13.4. The number of aromatic nitrogens is 3. The summed E-state index contributed by atoms with van der Waals surface area (Å²) >= 11 is 6.02. The van der Waals surface area contributed by atoms with Crippen molar-refractivity contribution >= 4 is 43.9 Å². The van der Waals surface area contributed by atoms with Gasteiger partial charge in [0.1, 0.15) is 17.2 Å². The van der Waals surface area contributed by atoms with Crippen molar-refractivity contribution in [3.05, 3.63) is 89.6 Å². The van der Waals surface area contributed by atoms with Crippen LogP contribution in [0.3, 0.4) is 0 Å². The van der Waals surface area contributed by atoms with Crippen molar-refractivity contribution in [2.75, 3.05) is 11.2 Å². The fourth-order valence-electron chi connectivity index (χ4n) is 3.23. The fraction of sp³-hybridized carbons (Fsp3) is 0.0909. The van der Waals surface area contributed by atoms with Gasteiger partial charge in [-0.1, -0.05) is 35.9 Å². The summed E-state index contributed by atoms with van der Waals surface area (Å²) in [6, 6.07) is 17.0. The summed E-state index contributed by atoms with van der Waals surface area (Å²) in [5.41, 5.74) is 1.86. The van der Waals surface area contributed by atoms with Crippen LogP contribution in [0.5, 0.6) is 0 Å². The van der Waals surface area contributed by atoms with Gasteiger partial charge in [0.05, 0.1) is 22.6 Å². The first-order valence-corrected chi connectivity index (χ1v) is 11.5. The number of hydrogen-bond acceptors (Lipinski definition) is 6. The van der Waals surface area contributed by atoms with Crippen LogP contribution in [-0.2, 0) is 16.4 Å². The van der Waals surface area contributed by atoms with Crippen LogP contribution in [0, 0.1) is 0 Å². The second-order valence-electron chi connectivity index (χ2n) is 6.89. The molecule has 31 heavy (non-hydrogen) atoms. The Morgan fingerprint density at radius 1 is 1.06 bits per heavy atom. The molecule has 0 radical (unpaired) electrons. The third-order valence-electron chi connectivity index (χ3n) is 4.66. The molecule has 9 heteroatoms. The van der Waals surface area contributed by atoms with Gasteiger partial charge in [-0.3, -0.25) is 4.79 Å². The number of hydrogen-bond donors (Lipinski definition) is 0. The Bertz CT molecular complexity index is 1380. The van der Waals surface area contributed by atoms with E-state index in [9.17, 15) is 13.2 Å². The molecule has 0 atom stereocenters. The van der Waals surface area contributed by atoms with Crippen molar-refractivity contribution in [3.8, 4) is 0 Å². The molecule has 0 bridgehead atoms. The van der Waals surface area contributed by atoms with Crippen LogP contribution >= 0.6 is 11.6 Å². The lowest BCUT2D eigenvalue weighted by Crippen LogP contribution is -2.32. The molecule has 156 valence electrons. The summed E-state index contributed by atoms with van der Waals surface area (Å²) in [4.78, 5) is 27.0. The van der Waals surface area contributed by atoms with Crippen LogP contribution in [0.15, 0.2) is 78.1 Å². The Hall–Kier alpha value is -3.36. The summed E-state index contributed by atoms with van der Waals surface area (Å²) < 4.78 is 24.8. The Morgan fingerprint density at radius 2 is 1.84 bits per heavy atom. The van der Waals surface area contributed by atoms with E-state index in [2.05, 4.69) is 15.0 Å². The molecule has 4 rings (SSSR count). The number of nitrogens with zero attached hydrogens (tertiary/aromatic N) is 4. The highest BCUT2D eigenvalue weighted by atomic mass is 35.5. The van der Waals surface area contributed by atoms with Crippen molar-refractivity contribution in [3.63, 3.8) is 0 Å². The SMILES string of the molecule is CS(=O)(=O)c1ccccc1N(Cc1ccc2ccc(Cl)nc2c1)C(=O)c1ccncn1. The number of pyridine rings is 1. The molecule has 0 saturated heterocycles. The summed E-state index contributed by atoms with van der Waals surface area (Å²) in [5, 5.41) is 1.26. The number of benzene rings is 2. The molecule has 0 aliphatic carbocycles. The maximum atomic E-state index is 13.4. The Kier molecular flexibility index (Phi) is 5.67. The van der Waals surface area contributed by atoms with Gasteiger partial charge in [-0.05, 0) is 42.0 Å². The lowest BCUT2D eigenvalue weighted by molar-refractivity contribution is 0.0979. The van der Waals surface area contributed by atoms with Crippen molar-refractivity contribution in [1.29, 1.82) is 0 Å². The van der Waals surface area contributed by atoms with Gasteiger partial charge in [0.15, 0.2) is 9.84 Å². The number of fused-ring (bicyclic) bond motifs is 1. The van der Waals surface area contributed by atoms with E-state index in [0.717, 1.165) is 17.2 Å². The average molecular weight is 453 g/mol. The van der Waals surface area contributed by atoms with E-state index in [-0.39, 0.29) is 22.8 Å². The number of sulfone groups is 1. The van der Waals surface area contributed by atoms with Crippen LogP contribution in [0.4, 0.5) is 5.69 Å². The molecule has 0 aliphatic rings.